The molecule has 7 heteroatoms. The van der Waals surface area contributed by atoms with Gasteiger partial charge in [-0.2, -0.15) is 0 Å². The van der Waals surface area contributed by atoms with Crippen LogP contribution in [0.5, 0.6) is 0 Å². The minimum atomic E-state index is -0.222. The van der Waals surface area contributed by atoms with Crippen molar-refractivity contribution in [3.05, 3.63) is 29.3 Å². The van der Waals surface area contributed by atoms with Gasteiger partial charge in [0.25, 0.3) is 0 Å². The van der Waals surface area contributed by atoms with E-state index in [4.69, 9.17) is 11.6 Å². The first-order valence-corrected chi connectivity index (χ1v) is 10.4. The summed E-state index contributed by atoms with van der Waals surface area (Å²) in [4.78, 5) is 12.4. The quantitative estimate of drug-likeness (QED) is 0.744. The molecule has 1 heterocycles. The largest absolute Gasteiger partial charge is 0.355 e. The van der Waals surface area contributed by atoms with E-state index in [0.29, 0.717) is 21.9 Å². The Hall–Kier alpha value is -1.53. The summed E-state index contributed by atoms with van der Waals surface area (Å²) in [5.41, 5.74) is 0.838. The molecule has 26 heavy (non-hydrogen) atoms. The van der Waals surface area contributed by atoms with Gasteiger partial charge in [0.2, 0.25) is 5.91 Å². The number of thioether (sulfide) groups is 1. The lowest BCUT2D eigenvalue weighted by Crippen LogP contribution is -2.35. The number of hydrogen-bond donors (Lipinski definition) is 1. The first kappa shape index (κ1) is 19.2. The number of aromatic nitrogens is 3. The second kappa shape index (κ2) is 8.91. The van der Waals surface area contributed by atoms with Crippen LogP contribution < -0.4 is 5.32 Å². The van der Waals surface area contributed by atoms with Crippen LogP contribution in [0.2, 0.25) is 5.02 Å². The Morgan fingerprint density at radius 1 is 1.31 bits per heavy atom. The minimum Gasteiger partial charge on any atom is -0.355 e. The zero-order chi connectivity index (χ0) is 18.5. The average Bonchev–Trinajstić information content (AvgIpc) is 3.01. The first-order chi connectivity index (χ1) is 12.6. The van der Waals surface area contributed by atoms with Crippen LogP contribution in [0.1, 0.15) is 39.0 Å². The van der Waals surface area contributed by atoms with Crippen molar-refractivity contribution in [2.45, 2.75) is 49.4 Å². The molecule has 1 saturated carbocycles. The van der Waals surface area contributed by atoms with E-state index in [0.717, 1.165) is 12.1 Å². The van der Waals surface area contributed by atoms with Gasteiger partial charge in [-0.25, -0.2) is 0 Å². The van der Waals surface area contributed by atoms with Gasteiger partial charge in [0, 0.05) is 19.2 Å². The molecule has 5 nitrogen and oxygen atoms in total. The standard InChI is InChI=1S/C19H25ClN4OS/c1-13(18(25)21-12-14-8-4-3-5-9-14)26-19-23-22-17(24(19)2)15-10-6-7-11-16(15)20/h6-7,10-11,13-14H,3-5,8-9,12H2,1-2H3,(H,21,25). The fraction of sp³-hybridized carbons (Fsp3) is 0.526. The highest BCUT2D eigenvalue weighted by Crippen LogP contribution is 2.29. The van der Waals surface area contributed by atoms with Crippen molar-refractivity contribution < 1.29 is 4.79 Å². The lowest BCUT2D eigenvalue weighted by atomic mass is 9.89. The van der Waals surface area contributed by atoms with Gasteiger partial charge in [0.15, 0.2) is 11.0 Å². The second-order valence-corrected chi connectivity index (χ2v) is 8.57. The van der Waals surface area contributed by atoms with Crippen LogP contribution in [0.15, 0.2) is 29.4 Å². The van der Waals surface area contributed by atoms with Gasteiger partial charge in [0.05, 0.1) is 10.3 Å². The van der Waals surface area contributed by atoms with Gasteiger partial charge < -0.3 is 9.88 Å². The van der Waals surface area contributed by atoms with Gasteiger partial charge in [-0.15, -0.1) is 10.2 Å². The molecule has 1 unspecified atom stereocenters. The molecule has 140 valence electrons. The average molecular weight is 393 g/mol. The van der Waals surface area contributed by atoms with Crippen molar-refractivity contribution in [1.29, 1.82) is 0 Å². The molecule has 2 aromatic rings. The summed E-state index contributed by atoms with van der Waals surface area (Å²) in [6.07, 6.45) is 6.36. The molecule has 0 aliphatic heterocycles. The molecule has 0 spiro atoms. The summed E-state index contributed by atoms with van der Waals surface area (Å²) in [5.74, 6) is 1.39. The van der Waals surface area contributed by atoms with Crippen LogP contribution in [0, 0.1) is 5.92 Å². The van der Waals surface area contributed by atoms with Crippen LogP contribution >= 0.6 is 23.4 Å². The maximum atomic E-state index is 12.4. The zero-order valence-electron chi connectivity index (χ0n) is 15.2. The number of amides is 1. The van der Waals surface area contributed by atoms with E-state index in [1.54, 1.807) is 0 Å². The Labute approximate surface area is 163 Å². The number of carbonyl (C=O) groups is 1. The fourth-order valence-electron chi connectivity index (χ4n) is 3.29. The summed E-state index contributed by atoms with van der Waals surface area (Å²) < 4.78 is 1.89. The Kier molecular flexibility index (Phi) is 6.59. The summed E-state index contributed by atoms with van der Waals surface area (Å²) >= 11 is 7.68. The Balaban J connectivity index is 1.60. The van der Waals surface area contributed by atoms with Crippen molar-refractivity contribution in [1.82, 2.24) is 20.1 Å². The summed E-state index contributed by atoms with van der Waals surface area (Å²) in [6.45, 7) is 2.69. The smallest absolute Gasteiger partial charge is 0.233 e. The molecule has 0 bridgehead atoms. The zero-order valence-corrected chi connectivity index (χ0v) is 16.8. The van der Waals surface area contributed by atoms with Crippen LogP contribution in [0.4, 0.5) is 0 Å². The van der Waals surface area contributed by atoms with Gasteiger partial charge >= 0.3 is 0 Å². The highest BCUT2D eigenvalue weighted by molar-refractivity contribution is 8.00. The van der Waals surface area contributed by atoms with E-state index >= 15 is 0 Å². The van der Waals surface area contributed by atoms with Crippen LogP contribution in [0.25, 0.3) is 11.4 Å². The molecule has 1 amide bonds. The molecule has 1 aliphatic carbocycles. The molecule has 1 aliphatic rings. The molecule has 0 saturated heterocycles. The maximum Gasteiger partial charge on any atom is 0.233 e. The molecule has 1 N–H and O–H groups in total. The second-order valence-electron chi connectivity index (χ2n) is 6.85. The highest BCUT2D eigenvalue weighted by atomic mass is 35.5. The van der Waals surface area contributed by atoms with Gasteiger partial charge in [-0.3, -0.25) is 4.79 Å². The highest BCUT2D eigenvalue weighted by Gasteiger charge is 2.21. The van der Waals surface area contributed by atoms with E-state index in [9.17, 15) is 4.79 Å². The van der Waals surface area contributed by atoms with Crippen molar-refractivity contribution in [3.8, 4) is 11.4 Å². The molecule has 3 rings (SSSR count). The van der Waals surface area contributed by atoms with E-state index in [1.807, 2.05) is 42.8 Å². The molecule has 1 fully saturated rings. The summed E-state index contributed by atoms with van der Waals surface area (Å²) in [5, 5.41) is 12.7. The normalized spacial score (nSPS) is 16.4. The Bertz CT molecular complexity index is 758. The van der Waals surface area contributed by atoms with Crippen LogP contribution in [0.3, 0.4) is 0 Å². The number of carbonyl (C=O) groups excluding carboxylic acids is 1. The first-order valence-electron chi connectivity index (χ1n) is 9.15. The molecular weight excluding hydrogens is 368 g/mol. The van der Waals surface area contributed by atoms with Gasteiger partial charge in [-0.1, -0.05) is 54.8 Å². The lowest BCUT2D eigenvalue weighted by molar-refractivity contribution is -0.120. The number of nitrogens with zero attached hydrogens (tertiary/aromatic N) is 3. The number of halogens is 1. The Morgan fingerprint density at radius 3 is 2.77 bits per heavy atom. The predicted octanol–water partition coefficient (Wildman–Crippen LogP) is 4.31. The summed E-state index contributed by atoms with van der Waals surface area (Å²) in [7, 11) is 1.90. The van der Waals surface area contributed by atoms with Gasteiger partial charge in [0.1, 0.15) is 0 Å². The minimum absolute atomic E-state index is 0.0582. The molecule has 1 aromatic heterocycles. The number of benzene rings is 1. The number of rotatable bonds is 6. The monoisotopic (exact) mass is 392 g/mol. The van der Waals surface area contributed by atoms with E-state index in [1.165, 1.54) is 43.9 Å². The van der Waals surface area contributed by atoms with E-state index in [2.05, 4.69) is 15.5 Å². The van der Waals surface area contributed by atoms with E-state index in [-0.39, 0.29) is 11.2 Å². The molecule has 1 aromatic carbocycles. The number of nitrogens with one attached hydrogen (secondary N) is 1. The van der Waals surface area contributed by atoms with Crippen molar-refractivity contribution in [2.75, 3.05) is 6.54 Å². The molecular formula is C19H25ClN4OS. The molecule has 1 atom stereocenters. The summed E-state index contributed by atoms with van der Waals surface area (Å²) in [6, 6.07) is 7.56. The van der Waals surface area contributed by atoms with Crippen molar-refractivity contribution in [2.24, 2.45) is 13.0 Å². The SMILES string of the molecule is CC(Sc1nnc(-c2ccccc2Cl)n1C)C(=O)NCC1CCCCC1. The molecule has 0 radical (unpaired) electrons. The number of hydrogen-bond acceptors (Lipinski definition) is 4. The lowest BCUT2D eigenvalue weighted by Gasteiger charge is -2.22. The van der Waals surface area contributed by atoms with Crippen LogP contribution in [-0.4, -0.2) is 32.5 Å². The third-order valence-electron chi connectivity index (χ3n) is 4.89. The van der Waals surface area contributed by atoms with E-state index < -0.39 is 0 Å². The third kappa shape index (κ3) is 4.60. The van der Waals surface area contributed by atoms with Crippen molar-refractivity contribution >= 4 is 29.3 Å². The van der Waals surface area contributed by atoms with Gasteiger partial charge in [-0.05, 0) is 37.8 Å². The predicted molar refractivity (Wildman–Crippen MR) is 106 cm³/mol. The fourth-order valence-corrected chi connectivity index (χ4v) is 4.35. The maximum absolute atomic E-state index is 12.4. The topological polar surface area (TPSA) is 59.8 Å². The van der Waals surface area contributed by atoms with Crippen LogP contribution in [-0.2, 0) is 11.8 Å². The van der Waals surface area contributed by atoms with Crippen molar-refractivity contribution in [3.63, 3.8) is 0 Å². The Morgan fingerprint density at radius 2 is 2.04 bits per heavy atom. The third-order valence-corrected chi connectivity index (χ3v) is 6.35.